The van der Waals surface area contributed by atoms with Crippen LogP contribution in [0.15, 0.2) is 52.3 Å². The van der Waals surface area contributed by atoms with Gasteiger partial charge < -0.3 is 4.74 Å². The second-order valence-corrected chi connectivity index (χ2v) is 11.5. The van der Waals surface area contributed by atoms with E-state index in [0.29, 0.717) is 11.3 Å². The highest BCUT2D eigenvalue weighted by atomic mass is 32.2. The second-order valence-electron chi connectivity index (χ2n) is 8.30. The lowest BCUT2D eigenvalue weighted by molar-refractivity contribution is 0.0980. The van der Waals surface area contributed by atoms with Gasteiger partial charge in [0, 0.05) is 11.0 Å². The SMILES string of the molecule is CC(C)Oc1cc(C(=O)NS(=O)(=O)c2ccccc2S(N)(=O)=O)ccc1C#CC(C)(C)C. The lowest BCUT2D eigenvalue weighted by atomic mass is 9.97. The fourth-order valence-electron chi connectivity index (χ4n) is 2.52. The van der Waals surface area contributed by atoms with E-state index in [2.05, 4.69) is 11.8 Å². The molecule has 0 spiro atoms. The zero-order valence-electron chi connectivity index (χ0n) is 18.5. The molecule has 0 aromatic heterocycles. The molecule has 0 aliphatic carbocycles. The molecular weight excluding hydrogens is 452 g/mol. The zero-order valence-corrected chi connectivity index (χ0v) is 20.1. The Labute approximate surface area is 189 Å². The summed E-state index contributed by atoms with van der Waals surface area (Å²) >= 11 is 0. The van der Waals surface area contributed by atoms with Crippen LogP contribution < -0.4 is 14.6 Å². The van der Waals surface area contributed by atoms with Gasteiger partial charge in [0.15, 0.2) is 0 Å². The third-order valence-corrected chi connectivity index (χ3v) is 6.34. The van der Waals surface area contributed by atoms with Crippen molar-refractivity contribution >= 4 is 26.0 Å². The Kier molecular flexibility index (Phi) is 7.40. The number of benzene rings is 2. The maximum absolute atomic E-state index is 12.7. The quantitative estimate of drug-likeness (QED) is 0.613. The molecule has 0 heterocycles. The van der Waals surface area contributed by atoms with Crippen LogP contribution in [0.3, 0.4) is 0 Å². The summed E-state index contributed by atoms with van der Waals surface area (Å²) in [5.74, 6) is 5.47. The van der Waals surface area contributed by atoms with Gasteiger partial charge in [0.25, 0.3) is 15.9 Å². The number of hydrogen-bond donors (Lipinski definition) is 2. The molecule has 1 amide bonds. The van der Waals surface area contributed by atoms with Gasteiger partial charge in [-0.25, -0.2) is 26.7 Å². The predicted octanol–water partition coefficient (Wildman–Crippen LogP) is 2.64. The fourth-order valence-corrected chi connectivity index (χ4v) is 4.87. The molecule has 0 radical (unpaired) electrons. The Hall–Kier alpha value is -2.87. The highest BCUT2D eigenvalue weighted by Gasteiger charge is 2.26. The van der Waals surface area contributed by atoms with E-state index in [1.807, 2.05) is 39.3 Å². The van der Waals surface area contributed by atoms with Crippen molar-refractivity contribution in [1.29, 1.82) is 0 Å². The number of sulfonamides is 2. The van der Waals surface area contributed by atoms with E-state index in [1.165, 1.54) is 24.3 Å². The summed E-state index contributed by atoms with van der Waals surface area (Å²) in [4.78, 5) is 11.5. The first-order chi connectivity index (χ1) is 14.6. The second kappa shape index (κ2) is 9.32. The highest BCUT2D eigenvalue weighted by molar-refractivity contribution is 7.92. The number of nitrogens with two attached hydrogens (primary N) is 1. The maximum Gasteiger partial charge on any atom is 0.265 e. The minimum absolute atomic E-state index is 0.00128. The minimum atomic E-state index is -4.52. The van der Waals surface area contributed by atoms with Gasteiger partial charge in [-0.3, -0.25) is 4.79 Å². The van der Waals surface area contributed by atoms with Crippen molar-refractivity contribution in [3.63, 3.8) is 0 Å². The van der Waals surface area contributed by atoms with Crippen LogP contribution in [0.2, 0.25) is 0 Å². The molecule has 10 heteroatoms. The van der Waals surface area contributed by atoms with Crippen LogP contribution in [0.1, 0.15) is 50.5 Å². The molecule has 8 nitrogen and oxygen atoms in total. The Morgan fingerprint density at radius 2 is 1.62 bits per heavy atom. The van der Waals surface area contributed by atoms with Crippen LogP contribution in [0.5, 0.6) is 5.75 Å². The topological polar surface area (TPSA) is 133 Å². The number of hydrogen-bond acceptors (Lipinski definition) is 6. The standard InChI is InChI=1S/C22H26N2O6S2/c1-15(2)30-18-14-17(11-10-16(18)12-13-22(3,4)5)21(25)24-32(28,29)20-9-7-6-8-19(20)31(23,26)27/h6-11,14-15H,1-5H3,(H,24,25)(H2,23,26,27). The van der Waals surface area contributed by atoms with Crippen LogP contribution in [0.4, 0.5) is 0 Å². The number of carbonyl (C=O) groups excluding carboxylic acids is 1. The zero-order chi connectivity index (χ0) is 24.3. The Morgan fingerprint density at radius 3 is 2.16 bits per heavy atom. The molecule has 32 heavy (non-hydrogen) atoms. The summed E-state index contributed by atoms with van der Waals surface area (Å²) in [5, 5.41) is 5.10. The van der Waals surface area contributed by atoms with Gasteiger partial charge in [-0.05, 0) is 65.0 Å². The van der Waals surface area contributed by atoms with Crippen LogP contribution in [-0.2, 0) is 20.0 Å². The number of carbonyl (C=O) groups is 1. The normalized spacial score (nSPS) is 12.1. The summed E-state index contributed by atoms with van der Waals surface area (Å²) in [5.41, 5.74) is 0.293. The fraction of sp³-hybridized carbons (Fsp3) is 0.318. The summed E-state index contributed by atoms with van der Waals surface area (Å²) in [6.07, 6.45) is -0.214. The monoisotopic (exact) mass is 478 g/mol. The Morgan fingerprint density at radius 1 is 1.03 bits per heavy atom. The van der Waals surface area contributed by atoms with E-state index < -0.39 is 35.7 Å². The Balaban J connectivity index is 2.45. The van der Waals surface area contributed by atoms with Gasteiger partial charge in [0.2, 0.25) is 10.0 Å². The third kappa shape index (κ3) is 6.82. The van der Waals surface area contributed by atoms with Gasteiger partial charge in [-0.15, -0.1) is 0 Å². The van der Waals surface area contributed by atoms with E-state index in [0.717, 1.165) is 12.1 Å². The van der Waals surface area contributed by atoms with Crippen LogP contribution >= 0.6 is 0 Å². The number of nitrogens with one attached hydrogen (secondary N) is 1. The minimum Gasteiger partial charge on any atom is -0.490 e. The predicted molar refractivity (Wildman–Crippen MR) is 121 cm³/mol. The van der Waals surface area contributed by atoms with E-state index >= 15 is 0 Å². The number of ether oxygens (including phenoxy) is 1. The van der Waals surface area contributed by atoms with Gasteiger partial charge in [0.1, 0.15) is 15.5 Å². The molecule has 2 aromatic rings. The van der Waals surface area contributed by atoms with Crippen molar-refractivity contribution in [2.75, 3.05) is 0 Å². The average molecular weight is 479 g/mol. The molecule has 0 aliphatic rings. The molecule has 0 saturated carbocycles. The lowest BCUT2D eigenvalue weighted by Crippen LogP contribution is -2.32. The first-order valence-electron chi connectivity index (χ1n) is 9.63. The van der Waals surface area contributed by atoms with Crippen molar-refractivity contribution in [3.8, 4) is 17.6 Å². The smallest absolute Gasteiger partial charge is 0.265 e. The molecule has 3 N–H and O–H groups in total. The van der Waals surface area contributed by atoms with Gasteiger partial charge in [-0.1, -0.05) is 24.0 Å². The van der Waals surface area contributed by atoms with Crippen molar-refractivity contribution in [3.05, 3.63) is 53.6 Å². The van der Waals surface area contributed by atoms with Crippen molar-refractivity contribution in [1.82, 2.24) is 4.72 Å². The first-order valence-corrected chi connectivity index (χ1v) is 12.7. The molecule has 0 unspecified atom stereocenters. The maximum atomic E-state index is 12.7. The lowest BCUT2D eigenvalue weighted by Gasteiger charge is -2.14. The van der Waals surface area contributed by atoms with Crippen molar-refractivity contribution in [2.45, 2.75) is 50.5 Å². The molecular formula is C22H26N2O6S2. The van der Waals surface area contributed by atoms with Gasteiger partial charge in [0.05, 0.1) is 11.7 Å². The molecule has 2 rings (SSSR count). The molecule has 0 atom stereocenters. The van der Waals surface area contributed by atoms with Gasteiger partial charge >= 0.3 is 0 Å². The molecule has 0 fully saturated rings. The number of primary sulfonamides is 1. The van der Waals surface area contributed by atoms with Crippen molar-refractivity contribution < 1.29 is 26.4 Å². The molecule has 0 aliphatic heterocycles. The van der Waals surface area contributed by atoms with E-state index in [9.17, 15) is 21.6 Å². The van der Waals surface area contributed by atoms with E-state index in [4.69, 9.17) is 9.88 Å². The summed E-state index contributed by atoms with van der Waals surface area (Å²) in [6.45, 7) is 9.48. The molecule has 0 saturated heterocycles. The van der Waals surface area contributed by atoms with Crippen LogP contribution in [0.25, 0.3) is 0 Å². The number of rotatable bonds is 6. The number of amides is 1. The van der Waals surface area contributed by atoms with Crippen molar-refractivity contribution in [2.24, 2.45) is 10.6 Å². The third-order valence-electron chi connectivity index (χ3n) is 3.85. The van der Waals surface area contributed by atoms with E-state index in [-0.39, 0.29) is 17.1 Å². The van der Waals surface area contributed by atoms with Gasteiger partial charge in [-0.2, -0.15) is 0 Å². The summed E-state index contributed by atoms with van der Waals surface area (Å²) < 4.78 is 56.6. The first kappa shape index (κ1) is 25.4. The average Bonchev–Trinajstić information content (AvgIpc) is 2.64. The molecule has 172 valence electrons. The Bertz CT molecular complexity index is 1300. The van der Waals surface area contributed by atoms with E-state index in [1.54, 1.807) is 6.07 Å². The molecule has 2 aromatic carbocycles. The van der Waals surface area contributed by atoms with Crippen LogP contribution in [0, 0.1) is 17.3 Å². The molecule has 0 bridgehead atoms. The van der Waals surface area contributed by atoms with Crippen LogP contribution in [-0.4, -0.2) is 28.8 Å². The highest BCUT2D eigenvalue weighted by Crippen LogP contribution is 2.24. The largest absolute Gasteiger partial charge is 0.490 e. The summed E-state index contributed by atoms with van der Waals surface area (Å²) in [7, 11) is -8.85. The summed E-state index contributed by atoms with van der Waals surface area (Å²) in [6, 6.07) is 9.12.